The van der Waals surface area contributed by atoms with Crippen LogP contribution >= 0.6 is 0 Å². The number of nitrogens with zero attached hydrogens (tertiary/aromatic N) is 2. The van der Waals surface area contributed by atoms with Crippen LogP contribution < -0.4 is 0 Å². The minimum Gasteiger partial charge on any atom is -0.294 e. The van der Waals surface area contributed by atoms with Crippen LogP contribution in [-0.2, 0) is 11.2 Å². The van der Waals surface area contributed by atoms with E-state index in [-0.39, 0.29) is 5.78 Å². The minimum atomic E-state index is 0.146. The third-order valence-electron chi connectivity index (χ3n) is 1.51. The first-order valence-electron chi connectivity index (χ1n) is 3.10. The van der Waals surface area contributed by atoms with E-state index in [1.165, 1.54) is 0 Å². The molecule has 50 valence electrons. The van der Waals surface area contributed by atoms with Crippen molar-refractivity contribution in [2.45, 2.75) is 6.42 Å². The lowest BCUT2D eigenvalue weighted by molar-refractivity contribution is -0.114. The van der Waals surface area contributed by atoms with E-state index in [0.717, 1.165) is 5.69 Å². The number of ketones is 1. The number of allylic oxidation sites excluding steroid dienone is 1. The molecule has 10 heavy (non-hydrogen) atoms. The van der Waals surface area contributed by atoms with E-state index in [0.29, 0.717) is 6.42 Å². The molecule has 0 aliphatic carbocycles. The van der Waals surface area contributed by atoms with Gasteiger partial charge in [-0.1, -0.05) is 0 Å². The highest BCUT2D eigenvalue weighted by molar-refractivity contribution is 5.94. The molecule has 0 bridgehead atoms. The van der Waals surface area contributed by atoms with Gasteiger partial charge in [0.15, 0.2) is 5.78 Å². The first-order chi connectivity index (χ1) is 4.86. The molecular weight excluding hydrogens is 128 g/mol. The average Bonchev–Trinajstić information content (AvgIpc) is 2.33. The number of carbonyl (C=O) groups excluding carboxylic acids is 1. The predicted molar refractivity (Wildman–Crippen MR) is 36.3 cm³/mol. The fourth-order valence-corrected chi connectivity index (χ4v) is 1.01. The summed E-state index contributed by atoms with van der Waals surface area (Å²) in [5.41, 5.74) is 0.965. The zero-order valence-corrected chi connectivity index (χ0v) is 5.32. The van der Waals surface area contributed by atoms with E-state index in [1.807, 2.05) is 6.07 Å². The maximum Gasteiger partial charge on any atom is 0.163 e. The molecule has 2 heterocycles. The monoisotopic (exact) mass is 134 g/mol. The summed E-state index contributed by atoms with van der Waals surface area (Å²) in [6.45, 7) is 0. The minimum absolute atomic E-state index is 0.146. The Balaban J connectivity index is 2.52. The van der Waals surface area contributed by atoms with E-state index >= 15 is 0 Å². The summed E-state index contributed by atoms with van der Waals surface area (Å²) in [5.74, 6) is 0.146. The molecule has 0 aromatic carbocycles. The van der Waals surface area contributed by atoms with Crippen molar-refractivity contribution in [3.8, 4) is 0 Å². The Labute approximate surface area is 58.0 Å². The van der Waals surface area contributed by atoms with Crippen molar-refractivity contribution in [3.63, 3.8) is 0 Å². The van der Waals surface area contributed by atoms with Crippen LogP contribution in [0.25, 0.3) is 6.20 Å². The quantitative estimate of drug-likeness (QED) is 0.517. The summed E-state index contributed by atoms with van der Waals surface area (Å²) in [6.07, 6.45) is 5.40. The second kappa shape index (κ2) is 1.80. The summed E-state index contributed by atoms with van der Waals surface area (Å²) in [6, 6.07) is 1.85. The molecule has 1 aliphatic heterocycles. The second-order valence-corrected chi connectivity index (χ2v) is 2.23. The van der Waals surface area contributed by atoms with Crippen LogP contribution in [0, 0.1) is 0 Å². The second-order valence-electron chi connectivity index (χ2n) is 2.23. The highest BCUT2D eigenvalue weighted by Crippen LogP contribution is 2.06. The lowest BCUT2D eigenvalue weighted by Gasteiger charge is -2.03. The first-order valence-corrected chi connectivity index (χ1v) is 3.10. The van der Waals surface area contributed by atoms with Crippen molar-refractivity contribution in [3.05, 3.63) is 24.0 Å². The third-order valence-corrected chi connectivity index (χ3v) is 1.51. The van der Waals surface area contributed by atoms with Gasteiger partial charge >= 0.3 is 0 Å². The van der Waals surface area contributed by atoms with E-state index in [4.69, 9.17) is 0 Å². The van der Waals surface area contributed by atoms with Gasteiger partial charge in [-0.05, 0) is 12.1 Å². The Morgan fingerprint density at radius 1 is 1.60 bits per heavy atom. The van der Waals surface area contributed by atoms with Crippen LogP contribution in [0.15, 0.2) is 18.3 Å². The van der Waals surface area contributed by atoms with Gasteiger partial charge in [-0.15, -0.1) is 0 Å². The highest BCUT2D eigenvalue weighted by Gasteiger charge is 2.08. The molecule has 3 nitrogen and oxygen atoms in total. The SMILES string of the molecule is O=C1C=Cn2nccc2C1. The maximum atomic E-state index is 10.8. The van der Waals surface area contributed by atoms with Crippen LogP contribution in [0.5, 0.6) is 0 Å². The summed E-state index contributed by atoms with van der Waals surface area (Å²) < 4.78 is 1.71. The molecule has 0 amide bonds. The van der Waals surface area contributed by atoms with Gasteiger partial charge in [-0.3, -0.25) is 4.79 Å². The highest BCUT2D eigenvalue weighted by atomic mass is 16.1. The van der Waals surface area contributed by atoms with E-state index in [2.05, 4.69) is 5.10 Å². The smallest absolute Gasteiger partial charge is 0.163 e. The number of fused-ring (bicyclic) bond motifs is 1. The van der Waals surface area contributed by atoms with Crippen molar-refractivity contribution in [1.29, 1.82) is 0 Å². The molecule has 0 fully saturated rings. The van der Waals surface area contributed by atoms with E-state index in [9.17, 15) is 4.79 Å². The molecule has 0 spiro atoms. The molecule has 0 radical (unpaired) electrons. The number of hydrogen-bond donors (Lipinski definition) is 0. The number of rotatable bonds is 0. The Hall–Kier alpha value is -1.38. The molecule has 2 rings (SSSR count). The van der Waals surface area contributed by atoms with Gasteiger partial charge in [-0.25, -0.2) is 4.68 Å². The third kappa shape index (κ3) is 0.673. The van der Waals surface area contributed by atoms with Crippen molar-refractivity contribution in [1.82, 2.24) is 9.78 Å². The summed E-state index contributed by atoms with van der Waals surface area (Å²) >= 11 is 0. The Bertz CT molecular complexity index is 298. The van der Waals surface area contributed by atoms with Crippen molar-refractivity contribution < 1.29 is 4.79 Å². The van der Waals surface area contributed by atoms with Crippen LogP contribution in [-0.4, -0.2) is 15.6 Å². The number of aromatic nitrogens is 2. The van der Waals surface area contributed by atoms with Gasteiger partial charge in [0.25, 0.3) is 0 Å². The maximum absolute atomic E-state index is 10.8. The van der Waals surface area contributed by atoms with Crippen molar-refractivity contribution in [2.24, 2.45) is 0 Å². The number of hydrogen-bond acceptors (Lipinski definition) is 2. The molecule has 3 heteroatoms. The zero-order chi connectivity index (χ0) is 6.97. The lowest BCUT2D eigenvalue weighted by atomic mass is 10.2. The zero-order valence-electron chi connectivity index (χ0n) is 5.32. The molecule has 0 saturated carbocycles. The first kappa shape index (κ1) is 5.41. The molecule has 0 atom stereocenters. The van der Waals surface area contributed by atoms with Gasteiger partial charge < -0.3 is 0 Å². The van der Waals surface area contributed by atoms with Gasteiger partial charge in [0.2, 0.25) is 0 Å². The Morgan fingerprint density at radius 2 is 2.50 bits per heavy atom. The Kier molecular flexibility index (Phi) is 0.974. The topological polar surface area (TPSA) is 34.9 Å². The van der Waals surface area contributed by atoms with E-state index < -0.39 is 0 Å². The normalized spacial score (nSPS) is 15.4. The molecule has 0 N–H and O–H groups in total. The van der Waals surface area contributed by atoms with Gasteiger partial charge in [0.1, 0.15) is 0 Å². The summed E-state index contributed by atoms with van der Waals surface area (Å²) in [7, 11) is 0. The van der Waals surface area contributed by atoms with Crippen molar-refractivity contribution in [2.75, 3.05) is 0 Å². The Morgan fingerprint density at radius 3 is 3.40 bits per heavy atom. The average molecular weight is 134 g/mol. The van der Waals surface area contributed by atoms with Crippen LogP contribution in [0.4, 0.5) is 0 Å². The van der Waals surface area contributed by atoms with Gasteiger partial charge in [0, 0.05) is 12.4 Å². The lowest BCUT2D eigenvalue weighted by Crippen LogP contribution is -2.09. The number of carbonyl (C=O) groups is 1. The predicted octanol–water partition coefficient (Wildman–Crippen LogP) is 0.479. The molecule has 0 saturated heterocycles. The van der Waals surface area contributed by atoms with Crippen LogP contribution in [0.2, 0.25) is 0 Å². The molecule has 1 aromatic heterocycles. The summed E-state index contributed by atoms with van der Waals surface area (Å²) in [4.78, 5) is 10.8. The fraction of sp³-hybridized carbons (Fsp3) is 0.143. The van der Waals surface area contributed by atoms with Gasteiger partial charge in [0.05, 0.1) is 12.1 Å². The summed E-state index contributed by atoms with van der Waals surface area (Å²) in [5, 5.41) is 3.97. The molecular formula is C7H6N2O. The van der Waals surface area contributed by atoms with Crippen molar-refractivity contribution >= 4 is 12.0 Å². The van der Waals surface area contributed by atoms with Crippen LogP contribution in [0.3, 0.4) is 0 Å². The van der Waals surface area contributed by atoms with Crippen LogP contribution in [0.1, 0.15) is 5.69 Å². The molecule has 1 aliphatic rings. The van der Waals surface area contributed by atoms with Gasteiger partial charge in [-0.2, -0.15) is 5.10 Å². The fourth-order valence-electron chi connectivity index (χ4n) is 1.01. The standard InChI is InChI=1S/C7H6N2O/c10-7-2-4-9-6(5-7)1-3-8-9/h1-4H,5H2. The largest absolute Gasteiger partial charge is 0.294 e. The molecule has 0 unspecified atom stereocenters. The molecule has 1 aromatic rings. The van der Waals surface area contributed by atoms with E-state index in [1.54, 1.807) is 23.2 Å².